The molecule has 0 aromatic heterocycles. The normalized spacial score (nSPS) is 24.5. The molecule has 3 atom stereocenters. The number of benzene rings is 1. The molecule has 1 aliphatic rings. The highest BCUT2D eigenvalue weighted by Crippen LogP contribution is 2.33. The maximum Gasteiger partial charge on any atom is 0.0866 e. The van der Waals surface area contributed by atoms with Crippen LogP contribution < -0.4 is 5.32 Å². The van der Waals surface area contributed by atoms with Gasteiger partial charge < -0.3 is 14.8 Å². The molecule has 2 rings (SSSR count). The first kappa shape index (κ1) is 14.5. The van der Waals surface area contributed by atoms with Gasteiger partial charge in [0.15, 0.2) is 0 Å². The van der Waals surface area contributed by atoms with E-state index in [1.807, 2.05) is 0 Å². The molecule has 3 nitrogen and oxygen atoms in total. The molecule has 0 radical (unpaired) electrons. The zero-order valence-electron chi connectivity index (χ0n) is 12.0. The molecule has 106 valence electrons. The number of nitrogens with one attached hydrogen (secondary N) is 1. The number of methoxy groups -OCH3 is 1. The molecule has 1 saturated heterocycles. The molecule has 0 spiro atoms. The highest BCUT2D eigenvalue weighted by Gasteiger charge is 2.29. The van der Waals surface area contributed by atoms with Gasteiger partial charge in [-0.1, -0.05) is 37.3 Å². The highest BCUT2D eigenvalue weighted by molar-refractivity contribution is 5.19. The van der Waals surface area contributed by atoms with Crippen molar-refractivity contribution >= 4 is 0 Å². The summed E-state index contributed by atoms with van der Waals surface area (Å²) in [7, 11) is 1.76. The maximum atomic E-state index is 5.91. The van der Waals surface area contributed by atoms with Gasteiger partial charge in [0.2, 0.25) is 0 Å². The summed E-state index contributed by atoms with van der Waals surface area (Å²) in [4.78, 5) is 0. The van der Waals surface area contributed by atoms with Crippen LogP contribution in [0, 0.1) is 5.92 Å². The summed E-state index contributed by atoms with van der Waals surface area (Å²) >= 11 is 0. The Morgan fingerprint density at radius 1 is 1.37 bits per heavy atom. The van der Waals surface area contributed by atoms with Gasteiger partial charge in [0.1, 0.15) is 0 Å². The number of rotatable bonds is 7. The minimum absolute atomic E-state index is 0.244. The predicted molar refractivity (Wildman–Crippen MR) is 77.2 cm³/mol. The Bertz CT molecular complexity index is 355. The smallest absolute Gasteiger partial charge is 0.0866 e. The van der Waals surface area contributed by atoms with E-state index in [2.05, 4.69) is 42.6 Å². The second-order valence-electron chi connectivity index (χ2n) is 5.22. The van der Waals surface area contributed by atoms with Crippen LogP contribution in [0.25, 0.3) is 0 Å². The molecule has 0 aliphatic carbocycles. The summed E-state index contributed by atoms with van der Waals surface area (Å²) in [6.07, 6.45) is 2.47. The molecule has 0 saturated carbocycles. The van der Waals surface area contributed by atoms with E-state index in [4.69, 9.17) is 9.47 Å². The monoisotopic (exact) mass is 263 g/mol. The number of hydrogen-bond donors (Lipinski definition) is 1. The van der Waals surface area contributed by atoms with Gasteiger partial charge in [-0.15, -0.1) is 0 Å². The van der Waals surface area contributed by atoms with E-state index in [0.717, 1.165) is 32.6 Å². The Morgan fingerprint density at radius 3 is 2.84 bits per heavy atom. The van der Waals surface area contributed by atoms with Crippen molar-refractivity contribution in [1.29, 1.82) is 0 Å². The summed E-state index contributed by atoms with van der Waals surface area (Å²) in [5, 5.41) is 3.61. The standard InChI is InChI=1S/C16H25NO2/c1-3-15(12-18-2)17-11-14-9-10-19-16(14)13-7-5-4-6-8-13/h4-8,14-17H,3,9-12H2,1-2H3/t14-,15-,16-/m1/s1. The lowest BCUT2D eigenvalue weighted by Gasteiger charge is -2.23. The quantitative estimate of drug-likeness (QED) is 0.820. The van der Waals surface area contributed by atoms with Crippen molar-refractivity contribution in [1.82, 2.24) is 5.32 Å². The van der Waals surface area contributed by atoms with E-state index < -0.39 is 0 Å². The van der Waals surface area contributed by atoms with Crippen molar-refractivity contribution in [3.63, 3.8) is 0 Å². The molecular weight excluding hydrogens is 238 g/mol. The van der Waals surface area contributed by atoms with Gasteiger partial charge in [-0.25, -0.2) is 0 Å². The van der Waals surface area contributed by atoms with E-state index in [1.54, 1.807) is 7.11 Å². The van der Waals surface area contributed by atoms with E-state index in [1.165, 1.54) is 5.56 Å². The molecule has 1 aromatic rings. The summed E-state index contributed by atoms with van der Waals surface area (Å²) in [5.41, 5.74) is 1.30. The summed E-state index contributed by atoms with van der Waals surface area (Å²) < 4.78 is 11.1. The molecular formula is C16H25NO2. The van der Waals surface area contributed by atoms with Crippen LogP contribution >= 0.6 is 0 Å². The van der Waals surface area contributed by atoms with E-state index >= 15 is 0 Å². The van der Waals surface area contributed by atoms with Crippen molar-refractivity contribution in [2.45, 2.75) is 31.9 Å². The van der Waals surface area contributed by atoms with Gasteiger partial charge in [-0.3, -0.25) is 0 Å². The van der Waals surface area contributed by atoms with Gasteiger partial charge in [0.25, 0.3) is 0 Å². The first-order valence-electron chi connectivity index (χ1n) is 7.24. The summed E-state index contributed by atoms with van der Waals surface area (Å²) in [6.45, 7) is 4.84. The Labute approximate surface area is 116 Å². The summed E-state index contributed by atoms with van der Waals surface area (Å²) in [6, 6.07) is 11.0. The van der Waals surface area contributed by atoms with Crippen LogP contribution in [0.3, 0.4) is 0 Å². The Morgan fingerprint density at radius 2 is 2.16 bits per heavy atom. The average Bonchev–Trinajstić information content (AvgIpc) is 2.93. The molecule has 1 N–H and O–H groups in total. The fraction of sp³-hybridized carbons (Fsp3) is 0.625. The lowest BCUT2D eigenvalue weighted by Crippen LogP contribution is -2.36. The highest BCUT2D eigenvalue weighted by atomic mass is 16.5. The number of hydrogen-bond acceptors (Lipinski definition) is 3. The molecule has 1 fully saturated rings. The molecule has 0 amide bonds. The zero-order valence-corrected chi connectivity index (χ0v) is 12.0. The van der Waals surface area contributed by atoms with E-state index in [0.29, 0.717) is 12.0 Å². The average molecular weight is 263 g/mol. The third kappa shape index (κ3) is 4.03. The Hall–Kier alpha value is -0.900. The van der Waals surface area contributed by atoms with Gasteiger partial charge in [0.05, 0.1) is 12.7 Å². The van der Waals surface area contributed by atoms with Gasteiger partial charge in [0, 0.05) is 32.2 Å². The maximum absolute atomic E-state index is 5.91. The van der Waals surface area contributed by atoms with Crippen LogP contribution in [0.1, 0.15) is 31.4 Å². The summed E-state index contributed by atoms with van der Waals surface area (Å²) in [5.74, 6) is 0.563. The first-order valence-corrected chi connectivity index (χ1v) is 7.24. The third-order valence-corrected chi connectivity index (χ3v) is 3.87. The molecule has 1 aromatic carbocycles. The van der Waals surface area contributed by atoms with E-state index in [-0.39, 0.29) is 6.10 Å². The van der Waals surface area contributed by atoms with Gasteiger partial charge in [-0.05, 0) is 18.4 Å². The molecule has 1 aliphatic heterocycles. The molecule has 19 heavy (non-hydrogen) atoms. The molecule has 0 unspecified atom stereocenters. The van der Waals surface area contributed by atoms with Crippen LogP contribution in [0.2, 0.25) is 0 Å². The Balaban J connectivity index is 1.89. The van der Waals surface area contributed by atoms with Crippen molar-refractivity contribution in [3.8, 4) is 0 Å². The minimum Gasteiger partial charge on any atom is -0.383 e. The Kier molecular flexibility index (Phi) is 5.83. The molecule has 3 heteroatoms. The predicted octanol–water partition coefficient (Wildman–Crippen LogP) is 2.78. The van der Waals surface area contributed by atoms with Gasteiger partial charge >= 0.3 is 0 Å². The second kappa shape index (κ2) is 7.63. The molecule has 0 bridgehead atoms. The fourth-order valence-corrected chi connectivity index (χ4v) is 2.69. The minimum atomic E-state index is 0.244. The van der Waals surface area contributed by atoms with Crippen molar-refractivity contribution in [2.75, 3.05) is 26.9 Å². The zero-order chi connectivity index (χ0) is 13.5. The largest absolute Gasteiger partial charge is 0.383 e. The fourth-order valence-electron chi connectivity index (χ4n) is 2.69. The van der Waals surface area contributed by atoms with E-state index in [9.17, 15) is 0 Å². The van der Waals surface area contributed by atoms with Crippen molar-refractivity contribution < 1.29 is 9.47 Å². The first-order chi connectivity index (χ1) is 9.35. The van der Waals surface area contributed by atoms with Crippen molar-refractivity contribution in [2.24, 2.45) is 5.92 Å². The van der Waals surface area contributed by atoms with Crippen LogP contribution in [-0.4, -0.2) is 32.9 Å². The lowest BCUT2D eigenvalue weighted by molar-refractivity contribution is 0.0877. The van der Waals surface area contributed by atoms with Gasteiger partial charge in [-0.2, -0.15) is 0 Å². The van der Waals surface area contributed by atoms with Crippen LogP contribution in [0.4, 0.5) is 0 Å². The number of ether oxygens (including phenoxy) is 2. The lowest BCUT2D eigenvalue weighted by atomic mass is 9.95. The van der Waals surface area contributed by atoms with Crippen LogP contribution in [0.5, 0.6) is 0 Å². The SMILES string of the molecule is CC[C@H](COC)NC[C@H]1CCO[C@@H]1c1ccccc1. The van der Waals surface area contributed by atoms with Crippen LogP contribution in [0.15, 0.2) is 30.3 Å². The topological polar surface area (TPSA) is 30.5 Å². The molecule has 1 heterocycles. The van der Waals surface area contributed by atoms with Crippen molar-refractivity contribution in [3.05, 3.63) is 35.9 Å². The third-order valence-electron chi connectivity index (χ3n) is 3.87. The van der Waals surface area contributed by atoms with Crippen LogP contribution in [-0.2, 0) is 9.47 Å². The second-order valence-corrected chi connectivity index (χ2v) is 5.22.